The Morgan fingerprint density at radius 2 is 2.00 bits per heavy atom. The van der Waals surface area contributed by atoms with Gasteiger partial charge in [0.2, 0.25) is 5.91 Å². The SMILES string of the molecule is Cc1sc2nc(CCC(=O)NNC(=O)c3ccc(Br)s3)[nH]c(=O)c2c1C. The Morgan fingerprint density at radius 3 is 2.69 bits per heavy atom. The molecule has 2 amide bonds. The van der Waals surface area contributed by atoms with Crippen LogP contribution in [0.15, 0.2) is 20.7 Å². The number of hydrazine groups is 1. The maximum absolute atomic E-state index is 12.2. The van der Waals surface area contributed by atoms with Gasteiger partial charge in [-0.15, -0.1) is 22.7 Å². The largest absolute Gasteiger partial charge is 0.310 e. The molecule has 0 radical (unpaired) electrons. The molecule has 0 spiro atoms. The predicted octanol–water partition coefficient (Wildman–Crippen LogP) is 2.82. The van der Waals surface area contributed by atoms with E-state index < -0.39 is 0 Å². The second-order valence-electron chi connectivity index (χ2n) is 5.58. The summed E-state index contributed by atoms with van der Waals surface area (Å²) < 4.78 is 0.832. The zero-order valence-corrected chi connectivity index (χ0v) is 17.2. The average molecular weight is 455 g/mol. The normalized spacial score (nSPS) is 10.9. The molecule has 0 bridgehead atoms. The van der Waals surface area contributed by atoms with E-state index in [4.69, 9.17) is 0 Å². The average Bonchev–Trinajstić information content (AvgIpc) is 3.15. The van der Waals surface area contributed by atoms with E-state index in [9.17, 15) is 14.4 Å². The third kappa shape index (κ3) is 4.02. The summed E-state index contributed by atoms with van der Waals surface area (Å²) in [6, 6.07) is 3.42. The predicted molar refractivity (Wildman–Crippen MR) is 106 cm³/mol. The molecule has 0 fully saturated rings. The molecule has 3 N–H and O–H groups in total. The molecule has 0 aliphatic rings. The number of aryl methyl sites for hydroxylation is 3. The Morgan fingerprint density at radius 1 is 1.23 bits per heavy atom. The Bertz CT molecular complexity index is 1050. The number of aromatic amines is 1. The number of rotatable bonds is 4. The van der Waals surface area contributed by atoms with Crippen molar-refractivity contribution in [2.45, 2.75) is 26.7 Å². The molecule has 0 saturated heterocycles. The van der Waals surface area contributed by atoms with E-state index in [1.54, 1.807) is 12.1 Å². The summed E-state index contributed by atoms with van der Waals surface area (Å²) >= 11 is 6.01. The van der Waals surface area contributed by atoms with Crippen LogP contribution in [0.25, 0.3) is 10.2 Å². The van der Waals surface area contributed by atoms with E-state index >= 15 is 0 Å². The quantitative estimate of drug-likeness (QED) is 0.527. The van der Waals surface area contributed by atoms with Crippen LogP contribution in [0.5, 0.6) is 0 Å². The first-order valence-electron chi connectivity index (χ1n) is 7.68. The van der Waals surface area contributed by atoms with Gasteiger partial charge in [-0.2, -0.15) is 0 Å². The summed E-state index contributed by atoms with van der Waals surface area (Å²) in [5, 5.41) is 0.607. The van der Waals surface area contributed by atoms with Crippen molar-refractivity contribution in [1.29, 1.82) is 0 Å². The summed E-state index contributed by atoms with van der Waals surface area (Å²) in [5.74, 6) is -0.297. The molecule has 0 aliphatic heterocycles. The van der Waals surface area contributed by atoms with Crippen molar-refractivity contribution in [2.75, 3.05) is 0 Å². The van der Waals surface area contributed by atoms with Crippen molar-refractivity contribution in [3.63, 3.8) is 0 Å². The second-order valence-corrected chi connectivity index (χ2v) is 9.25. The van der Waals surface area contributed by atoms with Gasteiger partial charge < -0.3 is 4.98 Å². The molecule has 3 heterocycles. The van der Waals surface area contributed by atoms with Crippen LogP contribution in [0.1, 0.15) is 32.4 Å². The zero-order valence-electron chi connectivity index (χ0n) is 13.9. The van der Waals surface area contributed by atoms with Crippen LogP contribution in [0, 0.1) is 13.8 Å². The van der Waals surface area contributed by atoms with Gasteiger partial charge in [-0.25, -0.2) is 4.98 Å². The van der Waals surface area contributed by atoms with Crippen molar-refractivity contribution < 1.29 is 9.59 Å². The van der Waals surface area contributed by atoms with Crippen LogP contribution < -0.4 is 16.4 Å². The highest BCUT2D eigenvalue weighted by molar-refractivity contribution is 9.11. The van der Waals surface area contributed by atoms with Crippen LogP contribution >= 0.6 is 38.6 Å². The number of thiophene rings is 2. The van der Waals surface area contributed by atoms with Crippen molar-refractivity contribution in [1.82, 2.24) is 20.8 Å². The molecule has 3 rings (SSSR count). The lowest BCUT2D eigenvalue weighted by atomic mass is 10.2. The molecular formula is C16H15BrN4O3S2. The van der Waals surface area contributed by atoms with Gasteiger partial charge in [0.25, 0.3) is 11.5 Å². The molecule has 26 heavy (non-hydrogen) atoms. The molecule has 0 aromatic carbocycles. The van der Waals surface area contributed by atoms with Crippen LogP contribution in [-0.2, 0) is 11.2 Å². The molecule has 0 unspecified atom stereocenters. The Hall–Kier alpha value is -2.04. The number of hydrogen-bond acceptors (Lipinski definition) is 6. The number of carbonyl (C=O) groups excluding carboxylic acids is 2. The number of fused-ring (bicyclic) bond motifs is 1. The Kier molecular flexibility index (Phi) is 5.54. The van der Waals surface area contributed by atoms with Crippen LogP contribution in [0.2, 0.25) is 0 Å². The van der Waals surface area contributed by atoms with Gasteiger partial charge >= 0.3 is 0 Å². The minimum atomic E-state index is -0.383. The number of nitrogens with zero attached hydrogens (tertiary/aromatic N) is 1. The van der Waals surface area contributed by atoms with Crippen molar-refractivity contribution in [2.24, 2.45) is 0 Å². The van der Waals surface area contributed by atoms with Crippen molar-refractivity contribution in [3.8, 4) is 0 Å². The number of H-pyrrole nitrogens is 1. The maximum atomic E-state index is 12.2. The summed E-state index contributed by atoms with van der Waals surface area (Å²) in [6.45, 7) is 3.84. The fourth-order valence-corrected chi connectivity index (χ4v) is 4.67. The van der Waals surface area contributed by atoms with E-state index in [2.05, 4.69) is 36.7 Å². The van der Waals surface area contributed by atoms with Crippen LogP contribution in [0.3, 0.4) is 0 Å². The smallest absolute Gasteiger partial charge is 0.279 e. The summed E-state index contributed by atoms with van der Waals surface area (Å²) in [5.41, 5.74) is 5.47. The fourth-order valence-electron chi connectivity index (χ4n) is 2.34. The summed E-state index contributed by atoms with van der Waals surface area (Å²) in [6.07, 6.45) is 0.361. The molecule has 10 heteroatoms. The van der Waals surface area contributed by atoms with Crippen LogP contribution in [-0.4, -0.2) is 21.8 Å². The number of aromatic nitrogens is 2. The second kappa shape index (κ2) is 7.68. The molecule has 7 nitrogen and oxygen atoms in total. The molecule has 0 atom stereocenters. The highest BCUT2D eigenvalue weighted by atomic mass is 79.9. The third-order valence-electron chi connectivity index (χ3n) is 3.79. The van der Waals surface area contributed by atoms with E-state index in [0.717, 1.165) is 14.2 Å². The van der Waals surface area contributed by atoms with E-state index in [1.807, 2.05) is 13.8 Å². The third-order valence-corrected chi connectivity index (χ3v) is 6.51. The lowest BCUT2D eigenvalue weighted by Crippen LogP contribution is -2.41. The number of nitrogens with one attached hydrogen (secondary N) is 3. The van der Waals surface area contributed by atoms with Gasteiger partial charge in [-0.05, 0) is 47.5 Å². The lowest BCUT2D eigenvalue weighted by Gasteiger charge is -2.06. The topological polar surface area (TPSA) is 104 Å². The zero-order chi connectivity index (χ0) is 18.8. The Balaban J connectivity index is 1.58. The van der Waals surface area contributed by atoms with Gasteiger partial charge in [0, 0.05) is 17.7 Å². The van der Waals surface area contributed by atoms with Gasteiger partial charge in [0.05, 0.1) is 14.0 Å². The first-order valence-corrected chi connectivity index (χ1v) is 10.1. The fraction of sp³-hybridized carbons (Fsp3) is 0.250. The highest BCUT2D eigenvalue weighted by Gasteiger charge is 2.13. The van der Waals surface area contributed by atoms with Gasteiger partial charge in [0.15, 0.2) is 0 Å². The minimum absolute atomic E-state index is 0.0895. The van der Waals surface area contributed by atoms with Crippen molar-refractivity contribution in [3.05, 3.63) is 47.4 Å². The number of hydrogen-bond donors (Lipinski definition) is 3. The van der Waals surface area contributed by atoms with E-state index in [-0.39, 0.29) is 30.2 Å². The molecule has 3 aromatic rings. The Labute approximate surface area is 165 Å². The monoisotopic (exact) mass is 454 g/mol. The minimum Gasteiger partial charge on any atom is -0.310 e. The molecular weight excluding hydrogens is 440 g/mol. The number of amides is 2. The molecule has 136 valence electrons. The lowest BCUT2D eigenvalue weighted by molar-refractivity contribution is -0.121. The van der Waals surface area contributed by atoms with E-state index in [1.165, 1.54) is 22.7 Å². The van der Waals surface area contributed by atoms with Gasteiger partial charge in [-0.1, -0.05) is 0 Å². The van der Waals surface area contributed by atoms with Gasteiger partial charge in [-0.3, -0.25) is 25.2 Å². The molecule has 0 aliphatic carbocycles. The maximum Gasteiger partial charge on any atom is 0.279 e. The first kappa shape index (κ1) is 18.7. The van der Waals surface area contributed by atoms with Crippen LogP contribution in [0.4, 0.5) is 0 Å². The van der Waals surface area contributed by atoms with Gasteiger partial charge in [0.1, 0.15) is 10.7 Å². The molecule has 3 aromatic heterocycles. The number of carbonyl (C=O) groups is 2. The van der Waals surface area contributed by atoms with E-state index in [0.29, 0.717) is 20.9 Å². The highest BCUT2D eigenvalue weighted by Crippen LogP contribution is 2.25. The molecule has 0 saturated carbocycles. The standard InChI is InChI=1S/C16H15BrN4O3S2/c1-7-8(2)25-16-13(7)15(24)18-11(19-16)5-6-12(22)20-21-14(23)9-3-4-10(17)26-9/h3-4H,5-6H2,1-2H3,(H,20,22)(H,21,23)(H,18,19,24). The summed E-state index contributed by atoms with van der Waals surface area (Å²) in [4.78, 5) is 45.3. The number of halogens is 1. The van der Waals surface area contributed by atoms with Crippen molar-refractivity contribution >= 4 is 60.6 Å². The first-order chi connectivity index (χ1) is 12.3. The summed E-state index contributed by atoms with van der Waals surface area (Å²) in [7, 11) is 0.